The van der Waals surface area contributed by atoms with Gasteiger partial charge in [0, 0.05) is 25.6 Å². The van der Waals surface area contributed by atoms with Crippen LogP contribution in [0.3, 0.4) is 0 Å². The fourth-order valence-electron chi connectivity index (χ4n) is 5.31. The minimum Gasteiger partial charge on any atom is -0.356 e. The monoisotopic (exact) mass is 397 g/mol. The first-order chi connectivity index (χ1) is 14.1. The van der Waals surface area contributed by atoms with Gasteiger partial charge in [-0.05, 0) is 69.5 Å². The summed E-state index contributed by atoms with van der Waals surface area (Å²) in [6.07, 6.45) is 8.30. The lowest BCUT2D eigenvalue weighted by Gasteiger charge is -2.39. The third kappa shape index (κ3) is 4.66. The van der Waals surface area contributed by atoms with Gasteiger partial charge in [-0.1, -0.05) is 36.8 Å². The summed E-state index contributed by atoms with van der Waals surface area (Å²) in [5, 5.41) is 3.15. The van der Waals surface area contributed by atoms with Crippen molar-refractivity contribution < 1.29 is 9.59 Å². The van der Waals surface area contributed by atoms with Crippen molar-refractivity contribution in [3.63, 3.8) is 0 Å². The second-order valence-corrected chi connectivity index (χ2v) is 9.32. The molecule has 2 atom stereocenters. The smallest absolute Gasteiger partial charge is 0.239 e. The van der Waals surface area contributed by atoms with Crippen LogP contribution in [0.5, 0.6) is 0 Å². The highest BCUT2D eigenvalue weighted by molar-refractivity contribution is 5.83. The first kappa shape index (κ1) is 20.4. The molecular weight excluding hydrogens is 362 g/mol. The Labute approximate surface area is 174 Å². The summed E-state index contributed by atoms with van der Waals surface area (Å²) in [6.45, 7) is 3.42. The number of rotatable bonds is 6. The third-order valence-corrected chi connectivity index (χ3v) is 7.42. The van der Waals surface area contributed by atoms with Crippen LogP contribution in [0, 0.1) is 11.3 Å². The van der Waals surface area contributed by atoms with Gasteiger partial charge >= 0.3 is 0 Å². The standard InChI is InChI=1S/C24H35N3O2/c1-26-15-6-5-11-21(26)23(29)27-16-12-24(13-17-27)18-20(24)22(28)25-14-7-10-19-8-3-2-4-9-19/h2-4,8-9,20-21H,5-7,10-18H2,1H3,(H,25,28). The van der Waals surface area contributed by atoms with Crippen LogP contribution in [0.25, 0.3) is 0 Å². The zero-order chi connectivity index (χ0) is 20.3. The highest BCUT2D eigenvalue weighted by Crippen LogP contribution is 2.59. The Morgan fingerprint density at radius 2 is 1.86 bits per heavy atom. The van der Waals surface area contributed by atoms with E-state index >= 15 is 0 Å². The van der Waals surface area contributed by atoms with Gasteiger partial charge in [0.25, 0.3) is 0 Å². The molecule has 2 aliphatic heterocycles. The van der Waals surface area contributed by atoms with E-state index in [-0.39, 0.29) is 23.3 Å². The van der Waals surface area contributed by atoms with Crippen molar-refractivity contribution in [3.05, 3.63) is 35.9 Å². The third-order valence-electron chi connectivity index (χ3n) is 7.42. The molecule has 1 spiro atoms. The molecule has 2 saturated heterocycles. The highest BCUT2D eigenvalue weighted by Gasteiger charge is 2.58. The predicted molar refractivity (Wildman–Crippen MR) is 114 cm³/mol. The number of carbonyl (C=O) groups is 2. The molecule has 1 N–H and O–H groups in total. The van der Waals surface area contributed by atoms with Gasteiger partial charge in [-0.2, -0.15) is 0 Å². The summed E-state index contributed by atoms with van der Waals surface area (Å²) >= 11 is 0. The van der Waals surface area contributed by atoms with E-state index in [4.69, 9.17) is 0 Å². The number of benzene rings is 1. The van der Waals surface area contributed by atoms with Crippen LogP contribution in [-0.4, -0.2) is 60.9 Å². The van der Waals surface area contributed by atoms with Gasteiger partial charge in [0.05, 0.1) is 6.04 Å². The molecule has 158 valence electrons. The normalized spacial score (nSPS) is 26.3. The molecular formula is C24H35N3O2. The molecule has 1 saturated carbocycles. The molecule has 29 heavy (non-hydrogen) atoms. The zero-order valence-corrected chi connectivity index (χ0v) is 17.7. The van der Waals surface area contributed by atoms with E-state index < -0.39 is 0 Å². The number of amides is 2. The van der Waals surface area contributed by atoms with Crippen molar-refractivity contribution in [2.24, 2.45) is 11.3 Å². The number of aryl methyl sites for hydroxylation is 1. The molecule has 3 fully saturated rings. The quantitative estimate of drug-likeness (QED) is 0.751. The maximum Gasteiger partial charge on any atom is 0.239 e. The van der Waals surface area contributed by atoms with Gasteiger partial charge in [-0.15, -0.1) is 0 Å². The van der Waals surface area contributed by atoms with E-state index in [2.05, 4.69) is 46.4 Å². The van der Waals surface area contributed by atoms with Gasteiger partial charge in [0.15, 0.2) is 0 Å². The van der Waals surface area contributed by atoms with E-state index in [1.165, 1.54) is 12.0 Å². The Hall–Kier alpha value is -1.88. The largest absolute Gasteiger partial charge is 0.356 e. The van der Waals surface area contributed by atoms with Crippen LogP contribution in [-0.2, 0) is 16.0 Å². The number of carbonyl (C=O) groups excluding carboxylic acids is 2. The van der Waals surface area contributed by atoms with Crippen molar-refractivity contribution in [3.8, 4) is 0 Å². The minimum atomic E-state index is 0.0701. The average Bonchev–Trinajstić information content (AvgIpc) is 3.45. The van der Waals surface area contributed by atoms with Gasteiger partial charge in [-0.3, -0.25) is 14.5 Å². The fourth-order valence-corrected chi connectivity index (χ4v) is 5.31. The Morgan fingerprint density at radius 3 is 2.59 bits per heavy atom. The van der Waals surface area contributed by atoms with E-state index in [9.17, 15) is 9.59 Å². The van der Waals surface area contributed by atoms with Crippen LogP contribution >= 0.6 is 0 Å². The number of nitrogens with one attached hydrogen (secondary N) is 1. The SMILES string of the molecule is CN1CCCCC1C(=O)N1CCC2(CC1)CC2C(=O)NCCCc1ccccc1. The van der Waals surface area contributed by atoms with Crippen molar-refractivity contribution in [2.45, 2.75) is 57.4 Å². The van der Waals surface area contributed by atoms with Crippen molar-refractivity contribution in [2.75, 3.05) is 33.2 Å². The molecule has 5 nitrogen and oxygen atoms in total. The van der Waals surface area contributed by atoms with Crippen molar-refractivity contribution >= 4 is 11.8 Å². The Bertz CT molecular complexity index is 712. The summed E-state index contributed by atoms with van der Waals surface area (Å²) in [5.74, 6) is 0.697. The fraction of sp³-hybridized carbons (Fsp3) is 0.667. The predicted octanol–water partition coefficient (Wildman–Crippen LogP) is 2.85. The number of piperidine rings is 2. The molecule has 1 aliphatic carbocycles. The van der Waals surface area contributed by atoms with Crippen LogP contribution in [0.2, 0.25) is 0 Å². The Morgan fingerprint density at radius 1 is 1.10 bits per heavy atom. The van der Waals surface area contributed by atoms with Gasteiger partial charge in [-0.25, -0.2) is 0 Å². The number of hydrogen-bond acceptors (Lipinski definition) is 3. The second kappa shape index (κ2) is 8.86. The Balaban J connectivity index is 1.18. The number of hydrogen-bond donors (Lipinski definition) is 1. The summed E-state index contributed by atoms with van der Waals surface area (Å²) in [7, 11) is 2.08. The van der Waals surface area contributed by atoms with E-state index in [1.807, 2.05) is 6.07 Å². The first-order valence-corrected chi connectivity index (χ1v) is 11.4. The Kier molecular flexibility index (Phi) is 6.23. The van der Waals surface area contributed by atoms with E-state index in [0.29, 0.717) is 5.91 Å². The highest BCUT2D eigenvalue weighted by atomic mass is 16.2. The molecule has 2 amide bonds. The molecule has 2 unspecified atom stereocenters. The molecule has 1 aromatic carbocycles. The van der Waals surface area contributed by atoms with Crippen LogP contribution in [0.4, 0.5) is 0 Å². The minimum absolute atomic E-state index is 0.0701. The van der Waals surface area contributed by atoms with E-state index in [0.717, 1.165) is 71.1 Å². The molecule has 3 aliphatic rings. The number of nitrogens with zero attached hydrogens (tertiary/aromatic N) is 2. The van der Waals surface area contributed by atoms with E-state index in [1.54, 1.807) is 0 Å². The number of likely N-dealkylation sites (tertiary alicyclic amines) is 2. The van der Waals surface area contributed by atoms with Gasteiger partial charge < -0.3 is 10.2 Å². The lowest BCUT2D eigenvalue weighted by Crippen LogP contribution is -2.51. The average molecular weight is 398 g/mol. The van der Waals surface area contributed by atoms with Crippen molar-refractivity contribution in [1.82, 2.24) is 15.1 Å². The molecule has 5 heteroatoms. The summed E-state index contributed by atoms with van der Waals surface area (Å²) in [6, 6.07) is 10.5. The topological polar surface area (TPSA) is 52.7 Å². The van der Waals surface area contributed by atoms with Crippen LogP contribution < -0.4 is 5.32 Å². The van der Waals surface area contributed by atoms with Gasteiger partial charge in [0.2, 0.25) is 11.8 Å². The molecule has 1 aromatic rings. The maximum absolute atomic E-state index is 12.9. The second-order valence-electron chi connectivity index (χ2n) is 9.32. The summed E-state index contributed by atoms with van der Waals surface area (Å²) in [5.41, 5.74) is 1.49. The summed E-state index contributed by atoms with van der Waals surface area (Å²) in [4.78, 5) is 29.8. The van der Waals surface area contributed by atoms with Crippen LogP contribution in [0.1, 0.15) is 50.5 Å². The lowest BCUT2D eigenvalue weighted by molar-refractivity contribution is -0.139. The summed E-state index contributed by atoms with van der Waals surface area (Å²) < 4.78 is 0. The lowest BCUT2D eigenvalue weighted by atomic mass is 9.89. The molecule has 4 rings (SSSR count). The maximum atomic E-state index is 12.9. The van der Waals surface area contributed by atoms with Gasteiger partial charge in [0.1, 0.15) is 0 Å². The first-order valence-electron chi connectivity index (χ1n) is 11.4. The molecule has 0 radical (unpaired) electrons. The zero-order valence-electron chi connectivity index (χ0n) is 17.7. The number of likely N-dealkylation sites (N-methyl/N-ethyl adjacent to an activating group) is 1. The van der Waals surface area contributed by atoms with Crippen molar-refractivity contribution in [1.29, 1.82) is 0 Å². The van der Waals surface area contributed by atoms with Crippen LogP contribution in [0.15, 0.2) is 30.3 Å². The molecule has 0 bridgehead atoms. The molecule has 2 heterocycles. The molecule has 0 aromatic heterocycles.